The summed E-state index contributed by atoms with van der Waals surface area (Å²) in [5.74, 6) is 1.39. The van der Waals surface area contributed by atoms with E-state index >= 15 is 0 Å². The van der Waals surface area contributed by atoms with Crippen LogP contribution in [0.5, 0.6) is 0 Å². The van der Waals surface area contributed by atoms with Crippen LogP contribution < -0.4 is 10.2 Å². The van der Waals surface area contributed by atoms with E-state index < -0.39 is 0 Å². The molecule has 0 aliphatic carbocycles. The molecule has 7 nitrogen and oxygen atoms in total. The molecular formula is C17H23N5O2. The summed E-state index contributed by atoms with van der Waals surface area (Å²) in [5.41, 5.74) is 3.36. The number of hydrogen-bond acceptors (Lipinski definition) is 6. The van der Waals surface area contributed by atoms with Crippen molar-refractivity contribution in [2.45, 2.75) is 46.6 Å². The van der Waals surface area contributed by atoms with Crippen molar-refractivity contribution in [3.8, 4) is 0 Å². The van der Waals surface area contributed by atoms with Crippen molar-refractivity contribution >= 4 is 11.9 Å². The zero-order valence-electron chi connectivity index (χ0n) is 14.4. The Hall–Kier alpha value is -2.44. The van der Waals surface area contributed by atoms with Gasteiger partial charge in [-0.3, -0.25) is 4.79 Å². The van der Waals surface area contributed by atoms with Crippen LogP contribution in [0.1, 0.15) is 41.2 Å². The minimum Gasteiger partial charge on any atom is -0.361 e. The highest BCUT2D eigenvalue weighted by Gasteiger charge is 2.17. The van der Waals surface area contributed by atoms with E-state index in [2.05, 4.69) is 25.3 Å². The Labute approximate surface area is 141 Å². The fourth-order valence-electron chi connectivity index (χ4n) is 2.93. The molecule has 1 aliphatic heterocycles. The zero-order valence-corrected chi connectivity index (χ0v) is 14.4. The standard InChI is InChI=1S/C17H23N5O2/c1-11-8-14(20-17(19-11)22-6-4-5-7-22)10-18-16(23)9-15-12(2)21-24-13(15)3/h8H,4-7,9-10H2,1-3H3,(H,18,23). The van der Waals surface area contributed by atoms with Gasteiger partial charge in [0.05, 0.1) is 24.4 Å². The number of anilines is 1. The molecule has 2 aromatic heterocycles. The van der Waals surface area contributed by atoms with Gasteiger partial charge in [0.2, 0.25) is 11.9 Å². The monoisotopic (exact) mass is 329 g/mol. The third-order valence-corrected chi connectivity index (χ3v) is 4.27. The number of hydrogen-bond donors (Lipinski definition) is 1. The van der Waals surface area contributed by atoms with Crippen LogP contribution in [0.15, 0.2) is 10.6 Å². The predicted molar refractivity (Wildman–Crippen MR) is 89.7 cm³/mol. The molecule has 1 N–H and O–H groups in total. The number of amides is 1. The molecular weight excluding hydrogens is 306 g/mol. The Bertz CT molecular complexity index is 715. The van der Waals surface area contributed by atoms with Crippen LogP contribution in [0.3, 0.4) is 0 Å². The van der Waals surface area contributed by atoms with Crippen molar-refractivity contribution in [3.05, 3.63) is 34.5 Å². The molecule has 128 valence electrons. The first kappa shape index (κ1) is 16.4. The maximum atomic E-state index is 12.2. The Morgan fingerprint density at radius 2 is 2.00 bits per heavy atom. The van der Waals surface area contributed by atoms with Crippen LogP contribution in [0.4, 0.5) is 5.95 Å². The number of carbonyl (C=O) groups excluding carboxylic acids is 1. The average Bonchev–Trinajstić information content (AvgIpc) is 3.18. The maximum Gasteiger partial charge on any atom is 0.225 e. The first-order valence-corrected chi connectivity index (χ1v) is 8.31. The molecule has 0 unspecified atom stereocenters. The van der Waals surface area contributed by atoms with Crippen LogP contribution in [0.25, 0.3) is 0 Å². The smallest absolute Gasteiger partial charge is 0.225 e. The summed E-state index contributed by atoms with van der Waals surface area (Å²) in [6.45, 7) is 8.01. The zero-order chi connectivity index (χ0) is 17.1. The summed E-state index contributed by atoms with van der Waals surface area (Å²) in [7, 11) is 0. The molecule has 1 amide bonds. The van der Waals surface area contributed by atoms with Crippen molar-refractivity contribution in [2.75, 3.05) is 18.0 Å². The summed E-state index contributed by atoms with van der Waals surface area (Å²) >= 11 is 0. The summed E-state index contributed by atoms with van der Waals surface area (Å²) in [5, 5.41) is 6.79. The molecule has 0 aromatic carbocycles. The molecule has 3 rings (SSSR count). The lowest BCUT2D eigenvalue weighted by atomic mass is 10.1. The number of nitrogens with zero attached hydrogens (tertiary/aromatic N) is 4. The first-order chi connectivity index (χ1) is 11.5. The Kier molecular flexibility index (Phi) is 4.78. The second kappa shape index (κ2) is 6.98. The van der Waals surface area contributed by atoms with Crippen molar-refractivity contribution in [3.63, 3.8) is 0 Å². The Morgan fingerprint density at radius 3 is 2.67 bits per heavy atom. The van der Waals surface area contributed by atoms with Crippen LogP contribution in [0.2, 0.25) is 0 Å². The van der Waals surface area contributed by atoms with E-state index in [0.29, 0.717) is 12.3 Å². The van der Waals surface area contributed by atoms with Gasteiger partial charge >= 0.3 is 0 Å². The summed E-state index contributed by atoms with van der Waals surface area (Å²) < 4.78 is 5.09. The first-order valence-electron chi connectivity index (χ1n) is 8.31. The molecule has 1 saturated heterocycles. The largest absolute Gasteiger partial charge is 0.361 e. The van der Waals surface area contributed by atoms with Crippen molar-refractivity contribution < 1.29 is 9.32 Å². The lowest BCUT2D eigenvalue weighted by molar-refractivity contribution is -0.120. The number of carbonyl (C=O) groups is 1. The number of nitrogens with one attached hydrogen (secondary N) is 1. The van der Waals surface area contributed by atoms with Crippen LogP contribution in [-0.2, 0) is 17.8 Å². The number of aromatic nitrogens is 3. The van der Waals surface area contributed by atoms with Crippen LogP contribution in [-0.4, -0.2) is 34.1 Å². The molecule has 0 radical (unpaired) electrons. The third-order valence-electron chi connectivity index (χ3n) is 4.27. The SMILES string of the molecule is Cc1cc(CNC(=O)Cc2c(C)noc2C)nc(N2CCCC2)n1. The van der Waals surface area contributed by atoms with Gasteiger partial charge in [-0.25, -0.2) is 9.97 Å². The molecule has 7 heteroatoms. The minimum absolute atomic E-state index is 0.0663. The van der Waals surface area contributed by atoms with E-state index in [1.807, 2.05) is 26.8 Å². The summed E-state index contributed by atoms with van der Waals surface area (Å²) in [6, 6.07) is 1.91. The van der Waals surface area contributed by atoms with Gasteiger partial charge in [0.15, 0.2) is 0 Å². The van der Waals surface area contributed by atoms with Gasteiger partial charge in [-0.15, -0.1) is 0 Å². The molecule has 24 heavy (non-hydrogen) atoms. The fraction of sp³-hybridized carbons (Fsp3) is 0.529. The number of rotatable bonds is 5. The van der Waals surface area contributed by atoms with E-state index in [-0.39, 0.29) is 12.3 Å². The third kappa shape index (κ3) is 3.72. The van der Waals surface area contributed by atoms with Gasteiger partial charge in [-0.1, -0.05) is 5.16 Å². The molecule has 1 aliphatic rings. The normalized spacial score (nSPS) is 14.2. The van der Waals surface area contributed by atoms with E-state index in [1.165, 1.54) is 12.8 Å². The second-order valence-electron chi connectivity index (χ2n) is 6.25. The Balaban J connectivity index is 1.62. The lowest BCUT2D eigenvalue weighted by Gasteiger charge is -2.16. The quantitative estimate of drug-likeness (QED) is 0.901. The van der Waals surface area contributed by atoms with Gasteiger partial charge in [-0.05, 0) is 39.7 Å². The fourth-order valence-corrected chi connectivity index (χ4v) is 2.93. The highest BCUT2D eigenvalue weighted by Crippen LogP contribution is 2.17. The molecule has 1 fully saturated rings. The van der Waals surface area contributed by atoms with Gasteiger partial charge in [0, 0.05) is 24.3 Å². The van der Waals surface area contributed by atoms with E-state index in [0.717, 1.165) is 41.7 Å². The number of aryl methyl sites for hydroxylation is 3. The maximum absolute atomic E-state index is 12.2. The van der Waals surface area contributed by atoms with E-state index in [1.54, 1.807) is 0 Å². The predicted octanol–water partition coefficient (Wildman–Crippen LogP) is 1.85. The summed E-state index contributed by atoms with van der Waals surface area (Å²) in [4.78, 5) is 23.5. The van der Waals surface area contributed by atoms with Gasteiger partial charge in [0.25, 0.3) is 0 Å². The van der Waals surface area contributed by atoms with E-state index in [4.69, 9.17) is 4.52 Å². The van der Waals surface area contributed by atoms with Crippen molar-refractivity contribution in [1.29, 1.82) is 0 Å². The molecule has 2 aromatic rings. The van der Waals surface area contributed by atoms with Gasteiger partial charge in [0.1, 0.15) is 5.76 Å². The highest BCUT2D eigenvalue weighted by atomic mass is 16.5. The van der Waals surface area contributed by atoms with Crippen molar-refractivity contribution in [1.82, 2.24) is 20.4 Å². The topological polar surface area (TPSA) is 84.2 Å². The summed E-state index contributed by atoms with van der Waals surface area (Å²) in [6.07, 6.45) is 2.63. The molecule has 0 bridgehead atoms. The van der Waals surface area contributed by atoms with Gasteiger partial charge < -0.3 is 14.7 Å². The minimum atomic E-state index is -0.0663. The molecule has 3 heterocycles. The van der Waals surface area contributed by atoms with Crippen molar-refractivity contribution in [2.24, 2.45) is 0 Å². The molecule has 0 spiro atoms. The molecule has 0 atom stereocenters. The average molecular weight is 329 g/mol. The molecule has 0 saturated carbocycles. The van der Waals surface area contributed by atoms with Crippen LogP contribution in [0, 0.1) is 20.8 Å². The van der Waals surface area contributed by atoms with Crippen LogP contribution >= 0.6 is 0 Å². The Morgan fingerprint density at radius 1 is 1.25 bits per heavy atom. The second-order valence-corrected chi connectivity index (χ2v) is 6.25. The van der Waals surface area contributed by atoms with E-state index in [9.17, 15) is 4.79 Å². The van der Waals surface area contributed by atoms with Gasteiger partial charge in [-0.2, -0.15) is 0 Å². The lowest BCUT2D eigenvalue weighted by Crippen LogP contribution is -2.26. The highest BCUT2D eigenvalue weighted by molar-refractivity contribution is 5.78.